The molecule has 0 amide bonds. The number of nitrogen functional groups attached to an aromatic ring is 1. The summed E-state index contributed by atoms with van der Waals surface area (Å²) in [6, 6.07) is 10.7. The van der Waals surface area contributed by atoms with Crippen LogP contribution in [0.2, 0.25) is 0 Å². The number of halogens is 4. The second-order valence-electron chi connectivity index (χ2n) is 7.22. The van der Waals surface area contributed by atoms with Crippen molar-refractivity contribution in [2.45, 2.75) is 25.9 Å². The molecule has 0 bridgehead atoms. The number of aromatic nitrogens is 1. The van der Waals surface area contributed by atoms with E-state index in [4.69, 9.17) is 10.5 Å². The van der Waals surface area contributed by atoms with Crippen LogP contribution >= 0.6 is 37.2 Å². The zero-order valence-corrected chi connectivity index (χ0v) is 19.6. The molecule has 0 aliphatic carbocycles. The minimum absolute atomic E-state index is 0. The summed E-state index contributed by atoms with van der Waals surface area (Å²) in [4.78, 5) is 4.44. The number of pyridine rings is 1. The van der Waals surface area contributed by atoms with Crippen LogP contribution in [0.1, 0.15) is 16.8 Å². The molecule has 9 heteroatoms. The van der Waals surface area contributed by atoms with Gasteiger partial charge in [-0.3, -0.25) is 0 Å². The van der Waals surface area contributed by atoms with Gasteiger partial charge in [-0.15, -0.1) is 37.2 Å². The Morgan fingerprint density at radius 1 is 1.17 bits per heavy atom. The van der Waals surface area contributed by atoms with Gasteiger partial charge in [-0.1, -0.05) is 12.1 Å². The van der Waals surface area contributed by atoms with Crippen LogP contribution in [-0.2, 0) is 17.6 Å². The van der Waals surface area contributed by atoms with Crippen LogP contribution in [0.3, 0.4) is 0 Å². The number of hydrogen-bond donors (Lipinski definition) is 3. The summed E-state index contributed by atoms with van der Waals surface area (Å²) in [6.07, 6.45) is 1.88. The first-order valence-electron chi connectivity index (χ1n) is 9.60. The van der Waals surface area contributed by atoms with Gasteiger partial charge in [0.05, 0.1) is 12.7 Å². The lowest BCUT2D eigenvalue weighted by molar-refractivity contribution is 0.0397. The van der Waals surface area contributed by atoms with Gasteiger partial charge in [0.15, 0.2) is 0 Å². The minimum atomic E-state index is -0.180. The van der Waals surface area contributed by atoms with Gasteiger partial charge < -0.3 is 21.1 Å². The summed E-state index contributed by atoms with van der Waals surface area (Å²) in [6.45, 7) is 6.11. The molecule has 4 N–H and O–H groups in total. The van der Waals surface area contributed by atoms with Crippen molar-refractivity contribution < 1.29 is 9.13 Å². The van der Waals surface area contributed by atoms with Crippen molar-refractivity contribution >= 4 is 43.0 Å². The first-order chi connectivity index (χ1) is 13.1. The van der Waals surface area contributed by atoms with E-state index < -0.39 is 0 Å². The first-order valence-corrected chi connectivity index (χ1v) is 9.60. The number of ether oxygens (including phenoxy) is 1. The molecule has 1 aliphatic rings. The maximum atomic E-state index is 13.1. The van der Waals surface area contributed by atoms with Gasteiger partial charge in [0.25, 0.3) is 0 Å². The number of nitrogens with one attached hydrogen (secondary N) is 2. The second-order valence-corrected chi connectivity index (χ2v) is 7.22. The molecule has 30 heavy (non-hydrogen) atoms. The van der Waals surface area contributed by atoms with E-state index in [9.17, 15) is 4.39 Å². The SMILES string of the molecule is Cc1cc(N)nc(C[C@@H]2CNC[C@@H]2OCCNCCc2cccc(F)c2)c1.Cl.Cl.Cl. The lowest BCUT2D eigenvalue weighted by Gasteiger charge is -2.19. The van der Waals surface area contributed by atoms with E-state index in [2.05, 4.69) is 21.7 Å². The van der Waals surface area contributed by atoms with Gasteiger partial charge >= 0.3 is 0 Å². The minimum Gasteiger partial charge on any atom is -0.384 e. The Balaban J connectivity index is 0.00000280. The molecular formula is C21H32Cl3FN4O. The molecule has 3 rings (SSSR count). The molecule has 0 radical (unpaired) electrons. The fourth-order valence-electron chi connectivity index (χ4n) is 3.58. The maximum Gasteiger partial charge on any atom is 0.123 e. The summed E-state index contributed by atoms with van der Waals surface area (Å²) in [5.41, 5.74) is 9.04. The molecule has 2 heterocycles. The quantitative estimate of drug-likeness (QED) is 0.479. The third-order valence-corrected chi connectivity index (χ3v) is 4.88. The highest BCUT2D eigenvalue weighted by atomic mass is 35.5. The van der Waals surface area contributed by atoms with Crippen molar-refractivity contribution in [3.8, 4) is 0 Å². The second kappa shape index (κ2) is 14.8. The highest BCUT2D eigenvalue weighted by Crippen LogP contribution is 2.19. The maximum absolute atomic E-state index is 13.1. The van der Waals surface area contributed by atoms with Crippen LogP contribution in [0.4, 0.5) is 10.2 Å². The van der Waals surface area contributed by atoms with Crippen LogP contribution in [0.5, 0.6) is 0 Å². The van der Waals surface area contributed by atoms with Gasteiger partial charge in [-0.25, -0.2) is 9.37 Å². The monoisotopic (exact) mass is 480 g/mol. The van der Waals surface area contributed by atoms with Crippen LogP contribution in [0.25, 0.3) is 0 Å². The van der Waals surface area contributed by atoms with Crippen LogP contribution in [0, 0.1) is 18.7 Å². The van der Waals surface area contributed by atoms with E-state index in [1.165, 1.54) is 6.07 Å². The lowest BCUT2D eigenvalue weighted by Crippen LogP contribution is -2.29. The topological polar surface area (TPSA) is 72.2 Å². The van der Waals surface area contributed by atoms with Crippen molar-refractivity contribution in [2.24, 2.45) is 5.92 Å². The van der Waals surface area contributed by atoms with E-state index in [0.717, 1.165) is 55.8 Å². The predicted molar refractivity (Wildman–Crippen MR) is 128 cm³/mol. The fourth-order valence-corrected chi connectivity index (χ4v) is 3.58. The predicted octanol–water partition coefficient (Wildman–Crippen LogP) is 3.36. The third kappa shape index (κ3) is 9.33. The van der Waals surface area contributed by atoms with E-state index in [1.54, 1.807) is 12.1 Å². The molecule has 2 atom stereocenters. The third-order valence-electron chi connectivity index (χ3n) is 4.88. The molecule has 0 saturated carbocycles. The summed E-state index contributed by atoms with van der Waals surface area (Å²) < 4.78 is 19.2. The van der Waals surface area contributed by atoms with E-state index in [0.29, 0.717) is 18.3 Å². The van der Waals surface area contributed by atoms with Crippen LogP contribution < -0.4 is 16.4 Å². The highest BCUT2D eigenvalue weighted by Gasteiger charge is 2.28. The molecule has 2 aromatic rings. The molecule has 5 nitrogen and oxygen atoms in total. The molecule has 170 valence electrons. The zero-order chi connectivity index (χ0) is 19.1. The molecule has 1 saturated heterocycles. The number of rotatable bonds is 9. The largest absolute Gasteiger partial charge is 0.384 e. The summed E-state index contributed by atoms with van der Waals surface area (Å²) in [7, 11) is 0. The van der Waals surface area contributed by atoms with Gasteiger partial charge in [-0.05, 0) is 61.7 Å². The molecule has 1 aromatic carbocycles. The van der Waals surface area contributed by atoms with Gasteiger partial charge in [0, 0.05) is 31.2 Å². The average molecular weight is 482 g/mol. The highest BCUT2D eigenvalue weighted by molar-refractivity contribution is 5.86. The van der Waals surface area contributed by atoms with Crippen LogP contribution in [-0.4, -0.2) is 43.9 Å². The van der Waals surface area contributed by atoms with Gasteiger partial charge in [-0.2, -0.15) is 0 Å². The fraction of sp³-hybridized carbons (Fsp3) is 0.476. The normalized spacial score (nSPS) is 17.5. The number of nitrogens with two attached hydrogens (primary N) is 1. The zero-order valence-electron chi connectivity index (χ0n) is 17.1. The summed E-state index contributed by atoms with van der Waals surface area (Å²) in [5, 5.41) is 6.77. The van der Waals surface area contributed by atoms with E-state index >= 15 is 0 Å². The summed E-state index contributed by atoms with van der Waals surface area (Å²) in [5.74, 6) is 0.808. The Morgan fingerprint density at radius 2 is 1.97 bits per heavy atom. The Bertz CT molecular complexity index is 734. The Labute approximate surface area is 197 Å². The Hall–Kier alpha value is -1.15. The van der Waals surface area contributed by atoms with Crippen molar-refractivity contribution in [3.63, 3.8) is 0 Å². The van der Waals surface area contributed by atoms with E-state index in [1.807, 2.05) is 19.1 Å². The summed E-state index contributed by atoms with van der Waals surface area (Å²) >= 11 is 0. The standard InChI is InChI=1S/C21H29FN4O.3ClH/c1-15-9-19(26-21(23)10-15)12-17-13-25-14-20(17)27-8-7-24-6-5-16-3-2-4-18(22)11-16;;;/h2-4,9-11,17,20,24-25H,5-8,12-14H2,1H3,(H2,23,26);3*1H/t17-,20+;;;/m1.../s1. The number of aryl methyl sites for hydroxylation is 1. The number of benzene rings is 1. The van der Waals surface area contributed by atoms with E-state index in [-0.39, 0.29) is 49.1 Å². The number of anilines is 1. The number of hydrogen-bond acceptors (Lipinski definition) is 5. The Morgan fingerprint density at radius 3 is 2.70 bits per heavy atom. The number of nitrogens with zero attached hydrogens (tertiary/aromatic N) is 1. The van der Waals surface area contributed by atoms with Gasteiger partial charge in [0.2, 0.25) is 0 Å². The molecule has 0 spiro atoms. The van der Waals surface area contributed by atoms with Crippen molar-refractivity contribution in [1.29, 1.82) is 0 Å². The van der Waals surface area contributed by atoms with Gasteiger partial charge in [0.1, 0.15) is 11.6 Å². The molecular weight excluding hydrogens is 450 g/mol. The van der Waals surface area contributed by atoms with Crippen molar-refractivity contribution in [3.05, 3.63) is 59.0 Å². The van der Waals surface area contributed by atoms with Crippen LogP contribution in [0.15, 0.2) is 36.4 Å². The first kappa shape index (κ1) is 28.9. The molecule has 1 aliphatic heterocycles. The van der Waals surface area contributed by atoms with Crippen molar-refractivity contribution in [1.82, 2.24) is 15.6 Å². The average Bonchev–Trinajstić information content (AvgIpc) is 3.04. The molecule has 1 aromatic heterocycles. The Kier molecular flexibility index (Phi) is 14.2. The molecule has 1 fully saturated rings. The smallest absolute Gasteiger partial charge is 0.123 e. The molecule has 0 unspecified atom stereocenters. The van der Waals surface area contributed by atoms with Crippen molar-refractivity contribution in [2.75, 3.05) is 38.5 Å². The lowest BCUT2D eigenvalue weighted by atomic mass is 9.99.